The van der Waals surface area contributed by atoms with Crippen molar-refractivity contribution in [3.05, 3.63) is 11.5 Å². The van der Waals surface area contributed by atoms with E-state index in [1.807, 2.05) is 34.6 Å². The van der Waals surface area contributed by atoms with Gasteiger partial charge in [-0.3, -0.25) is 14.4 Å². The molecule has 7 nitrogen and oxygen atoms in total. The Morgan fingerprint density at radius 2 is 1.80 bits per heavy atom. The van der Waals surface area contributed by atoms with Gasteiger partial charge in [-0.1, -0.05) is 20.8 Å². The molecular weight excluding hydrogens is 388 g/mol. The largest absolute Gasteiger partial charge is 0.462 e. The van der Waals surface area contributed by atoms with E-state index in [9.17, 15) is 19.5 Å². The van der Waals surface area contributed by atoms with Crippen LogP contribution in [0.5, 0.6) is 0 Å². The van der Waals surface area contributed by atoms with Crippen LogP contribution in [0.1, 0.15) is 67.2 Å². The van der Waals surface area contributed by atoms with Gasteiger partial charge in [-0.2, -0.15) is 0 Å². The Morgan fingerprint density at radius 1 is 1.13 bits per heavy atom. The molecule has 166 valence electrons. The lowest BCUT2D eigenvalue weighted by molar-refractivity contribution is -0.239. The van der Waals surface area contributed by atoms with E-state index >= 15 is 0 Å². The molecule has 1 N–H and O–H groups in total. The van der Waals surface area contributed by atoms with Gasteiger partial charge < -0.3 is 19.3 Å². The second kappa shape index (κ2) is 6.55. The standard InChI is InChI=1S/C23H32O7/c1-11-9-14(25)13-10-16-22(5,30-20(13)28-11)8-7-15-21(3,4)19(29-12(2)24)17(26)18(27)23(15,16)6/h11,15-17,19,26H,7-10H2,1-6H3/t11-,15-,16-,17-,19-,22+,23+/m1/s1. The summed E-state index contributed by atoms with van der Waals surface area (Å²) in [6.45, 7) is 10.9. The molecule has 7 heteroatoms. The van der Waals surface area contributed by atoms with Gasteiger partial charge in [-0.05, 0) is 39.0 Å². The number of fused-ring (bicyclic) bond motifs is 3. The van der Waals surface area contributed by atoms with Crippen molar-refractivity contribution in [1.82, 2.24) is 0 Å². The molecule has 0 saturated heterocycles. The summed E-state index contributed by atoms with van der Waals surface area (Å²) in [5.74, 6) is -0.966. The Kier molecular flexibility index (Phi) is 4.66. The highest BCUT2D eigenvalue weighted by Gasteiger charge is 2.69. The predicted octanol–water partition coefficient (Wildman–Crippen LogP) is 2.69. The number of aliphatic hydroxyl groups excluding tert-OH is 1. The average molecular weight is 421 g/mol. The highest BCUT2D eigenvalue weighted by Crippen LogP contribution is 2.64. The molecule has 7 atom stereocenters. The lowest BCUT2D eigenvalue weighted by Crippen LogP contribution is -2.70. The molecule has 4 aliphatic rings. The number of carbonyl (C=O) groups is 3. The number of esters is 1. The molecule has 0 amide bonds. The number of hydrogen-bond donors (Lipinski definition) is 1. The Hall–Kier alpha value is -1.89. The minimum Gasteiger partial charge on any atom is -0.462 e. The van der Waals surface area contributed by atoms with E-state index in [0.717, 1.165) is 0 Å². The van der Waals surface area contributed by atoms with E-state index < -0.39 is 34.6 Å². The number of ketones is 2. The van der Waals surface area contributed by atoms with Gasteiger partial charge in [0.25, 0.3) is 5.95 Å². The highest BCUT2D eigenvalue weighted by molar-refractivity contribution is 5.97. The van der Waals surface area contributed by atoms with Gasteiger partial charge >= 0.3 is 5.97 Å². The fourth-order valence-electron chi connectivity index (χ4n) is 6.77. The maximum Gasteiger partial charge on any atom is 0.303 e. The Balaban J connectivity index is 1.78. The summed E-state index contributed by atoms with van der Waals surface area (Å²) in [6.07, 6.45) is -0.505. The van der Waals surface area contributed by atoms with Crippen molar-refractivity contribution < 1.29 is 33.7 Å². The third-order valence-electron chi connectivity index (χ3n) is 8.22. The van der Waals surface area contributed by atoms with Crippen LogP contribution >= 0.6 is 0 Å². The third-order valence-corrected chi connectivity index (χ3v) is 8.22. The highest BCUT2D eigenvalue weighted by atomic mass is 16.7. The molecule has 0 unspecified atom stereocenters. The Bertz CT molecular complexity index is 842. The molecule has 2 aliphatic heterocycles. The minimum absolute atomic E-state index is 0.00243. The maximum absolute atomic E-state index is 13.6. The summed E-state index contributed by atoms with van der Waals surface area (Å²) in [6, 6.07) is 0. The van der Waals surface area contributed by atoms with E-state index in [1.54, 1.807) is 0 Å². The lowest BCUT2D eigenvalue weighted by Gasteiger charge is -2.63. The summed E-state index contributed by atoms with van der Waals surface area (Å²) >= 11 is 0. The first-order chi connectivity index (χ1) is 13.8. The van der Waals surface area contributed by atoms with Gasteiger partial charge in [0.15, 0.2) is 17.7 Å². The van der Waals surface area contributed by atoms with Crippen LogP contribution < -0.4 is 0 Å². The molecule has 2 heterocycles. The maximum atomic E-state index is 13.6. The SMILES string of the molecule is CC(=O)O[C@@H]1[C@H](O)C(=O)[C@@]2(C)[C@H](CC[C@]3(C)OC4=C(C[C@@H]23)C(=O)C[C@@H](C)O4)C1(C)C. The third kappa shape index (κ3) is 2.77. The van der Waals surface area contributed by atoms with Crippen molar-refractivity contribution in [3.8, 4) is 0 Å². The van der Waals surface area contributed by atoms with Gasteiger partial charge in [0.05, 0.1) is 5.57 Å². The van der Waals surface area contributed by atoms with Gasteiger partial charge in [-0.25, -0.2) is 0 Å². The molecule has 0 radical (unpaired) electrons. The fraction of sp³-hybridized carbons (Fsp3) is 0.783. The van der Waals surface area contributed by atoms with E-state index in [4.69, 9.17) is 14.2 Å². The van der Waals surface area contributed by atoms with Crippen molar-refractivity contribution in [2.75, 3.05) is 0 Å². The van der Waals surface area contributed by atoms with E-state index in [1.165, 1.54) is 6.92 Å². The first kappa shape index (κ1) is 21.3. The quantitative estimate of drug-likeness (QED) is 0.651. The van der Waals surface area contributed by atoms with Crippen molar-refractivity contribution in [3.63, 3.8) is 0 Å². The summed E-state index contributed by atoms with van der Waals surface area (Å²) in [4.78, 5) is 38.0. The summed E-state index contributed by atoms with van der Waals surface area (Å²) in [5.41, 5.74) is -1.71. The number of Topliss-reactive ketones (excluding diaryl/α,β-unsaturated/α-hetero) is 2. The summed E-state index contributed by atoms with van der Waals surface area (Å²) in [5, 5.41) is 10.9. The molecular formula is C23H32O7. The van der Waals surface area contributed by atoms with Crippen LogP contribution in [0.3, 0.4) is 0 Å². The van der Waals surface area contributed by atoms with Crippen LogP contribution in [0.25, 0.3) is 0 Å². The molecule has 0 aromatic rings. The second-order valence-corrected chi connectivity index (χ2v) is 10.5. The summed E-state index contributed by atoms with van der Waals surface area (Å²) in [7, 11) is 0. The normalized spacial score (nSPS) is 44.8. The van der Waals surface area contributed by atoms with Crippen molar-refractivity contribution >= 4 is 17.5 Å². The second-order valence-electron chi connectivity index (χ2n) is 10.5. The minimum atomic E-state index is -1.42. The molecule has 0 bridgehead atoms. The van der Waals surface area contributed by atoms with Gasteiger partial charge in [-0.15, -0.1) is 0 Å². The molecule has 2 aliphatic carbocycles. The van der Waals surface area contributed by atoms with E-state index in [-0.39, 0.29) is 29.5 Å². The Morgan fingerprint density at radius 3 is 2.43 bits per heavy atom. The van der Waals surface area contributed by atoms with Crippen LogP contribution in [0.2, 0.25) is 0 Å². The summed E-state index contributed by atoms with van der Waals surface area (Å²) < 4.78 is 17.6. The van der Waals surface area contributed by atoms with Crippen molar-refractivity contribution in [2.45, 2.75) is 91.1 Å². The molecule has 0 spiro atoms. The first-order valence-corrected chi connectivity index (χ1v) is 10.8. The number of hydrogen-bond acceptors (Lipinski definition) is 7. The molecule has 0 aromatic carbocycles. The number of aliphatic hydroxyl groups is 1. The smallest absolute Gasteiger partial charge is 0.303 e. The topological polar surface area (TPSA) is 99.1 Å². The van der Waals surface area contributed by atoms with Crippen LogP contribution in [-0.2, 0) is 28.6 Å². The zero-order chi connectivity index (χ0) is 22.2. The van der Waals surface area contributed by atoms with Crippen LogP contribution in [0.4, 0.5) is 0 Å². The van der Waals surface area contributed by atoms with Gasteiger partial charge in [0, 0.05) is 30.1 Å². The zero-order valence-electron chi connectivity index (χ0n) is 18.6. The fourth-order valence-corrected chi connectivity index (χ4v) is 6.77. The van der Waals surface area contributed by atoms with Crippen molar-refractivity contribution in [2.24, 2.45) is 22.7 Å². The average Bonchev–Trinajstić information content (AvgIpc) is 2.62. The van der Waals surface area contributed by atoms with Crippen LogP contribution in [0, 0.1) is 22.7 Å². The molecule has 0 aromatic heterocycles. The number of rotatable bonds is 1. The lowest BCUT2D eigenvalue weighted by atomic mass is 9.43. The monoisotopic (exact) mass is 420 g/mol. The molecule has 4 rings (SSSR count). The number of ether oxygens (including phenoxy) is 3. The molecule has 30 heavy (non-hydrogen) atoms. The molecule has 2 saturated carbocycles. The van der Waals surface area contributed by atoms with Gasteiger partial charge in [0.2, 0.25) is 0 Å². The number of allylic oxidation sites excluding steroid dienone is 1. The number of carbonyl (C=O) groups excluding carboxylic acids is 3. The van der Waals surface area contributed by atoms with Crippen LogP contribution in [0.15, 0.2) is 11.5 Å². The predicted molar refractivity (Wildman–Crippen MR) is 106 cm³/mol. The Labute approximate surface area is 177 Å². The van der Waals surface area contributed by atoms with Crippen LogP contribution in [-0.4, -0.2) is 46.6 Å². The first-order valence-electron chi connectivity index (χ1n) is 10.8. The zero-order valence-corrected chi connectivity index (χ0v) is 18.6. The molecule has 2 fully saturated rings. The van der Waals surface area contributed by atoms with Crippen molar-refractivity contribution in [1.29, 1.82) is 0 Å². The van der Waals surface area contributed by atoms with E-state index in [2.05, 4.69) is 0 Å². The van der Waals surface area contributed by atoms with Gasteiger partial charge in [0.1, 0.15) is 17.8 Å². The van der Waals surface area contributed by atoms with E-state index in [0.29, 0.717) is 37.2 Å².